The molecule has 0 aliphatic rings. The van der Waals surface area contributed by atoms with Crippen molar-refractivity contribution >= 4 is 34.7 Å². The van der Waals surface area contributed by atoms with Gasteiger partial charge >= 0.3 is 0 Å². The first kappa shape index (κ1) is 19.0. The Hall–Kier alpha value is -1.33. The van der Waals surface area contributed by atoms with Gasteiger partial charge in [0.2, 0.25) is 5.91 Å². The van der Waals surface area contributed by atoms with Crippen molar-refractivity contribution in [2.45, 2.75) is 56.7 Å². The van der Waals surface area contributed by atoms with Crippen LogP contribution in [0.25, 0.3) is 0 Å². The van der Waals surface area contributed by atoms with Crippen molar-refractivity contribution in [2.24, 2.45) is 0 Å². The van der Waals surface area contributed by atoms with E-state index in [1.165, 1.54) is 17.3 Å². The van der Waals surface area contributed by atoms with Gasteiger partial charge in [-0.05, 0) is 23.1 Å². The molecule has 1 aromatic heterocycles. The summed E-state index contributed by atoms with van der Waals surface area (Å²) in [6, 6.07) is 8.06. The topological polar surface area (TPSA) is 42.0 Å². The molecule has 0 aliphatic heterocycles. The Kier molecular flexibility index (Phi) is 5.76. The summed E-state index contributed by atoms with van der Waals surface area (Å²) in [5, 5.41) is 5.02. The third-order valence-corrected chi connectivity index (χ3v) is 5.63. The first-order chi connectivity index (χ1) is 11.1. The maximum absolute atomic E-state index is 12.1. The van der Waals surface area contributed by atoms with E-state index in [1.807, 2.05) is 12.1 Å². The first-order valence-corrected chi connectivity index (χ1v) is 9.91. The van der Waals surface area contributed by atoms with E-state index in [9.17, 15) is 4.79 Å². The number of nitrogens with one attached hydrogen (secondary N) is 1. The Morgan fingerprint density at radius 2 is 1.71 bits per heavy atom. The Bertz CT molecular complexity index is 691. The van der Waals surface area contributed by atoms with E-state index < -0.39 is 0 Å². The predicted molar refractivity (Wildman–Crippen MR) is 105 cm³/mol. The van der Waals surface area contributed by atoms with Gasteiger partial charge in [-0.25, -0.2) is 4.98 Å². The zero-order valence-electron chi connectivity index (χ0n) is 15.3. The Morgan fingerprint density at radius 1 is 1.08 bits per heavy atom. The predicted octanol–water partition coefficient (Wildman–Crippen LogP) is 5.47. The molecule has 1 heterocycles. The molecule has 2 rings (SSSR count). The first-order valence-electron chi connectivity index (χ1n) is 8.05. The van der Waals surface area contributed by atoms with Crippen molar-refractivity contribution < 1.29 is 4.79 Å². The third-order valence-electron chi connectivity index (χ3n) is 3.61. The number of nitrogens with zero attached hydrogens (tertiary/aromatic N) is 1. The summed E-state index contributed by atoms with van der Waals surface area (Å²) >= 11 is 3.09. The largest absolute Gasteiger partial charge is 0.325 e. The van der Waals surface area contributed by atoms with Crippen molar-refractivity contribution in [3.8, 4) is 0 Å². The molecule has 0 spiro atoms. The SMILES string of the molecule is CC(C)(C)c1ccc(NC(=O)CSc2nc(C(C)(C)C)cs2)cc1. The number of hydrogen-bond acceptors (Lipinski definition) is 4. The number of aromatic nitrogens is 1. The highest BCUT2D eigenvalue weighted by molar-refractivity contribution is 8.01. The molecule has 0 radical (unpaired) electrons. The highest BCUT2D eigenvalue weighted by Crippen LogP contribution is 2.29. The monoisotopic (exact) mass is 362 g/mol. The zero-order chi connectivity index (χ0) is 18.0. The molecule has 1 N–H and O–H groups in total. The summed E-state index contributed by atoms with van der Waals surface area (Å²) in [5.74, 6) is 0.369. The summed E-state index contributed by atoms with van der Waals surface area (Å²) in [5.41, 5.74) is 3.34. The Labute approximate surface area is 153 Å². The van der Waals surface area contributed by atoms with Crippen LogP contribution in [0.5, 0.6) is 0 Å². The van der Waals surface area contributed by atoms with Crippen LogP contribution in [0.3, 0.4) is 0 Å². The minimum Gasteiger partial charge on any atom is -0.325 e. The van der Waals surface area contributed by atoms with E-state index >= 15 is 0 Å². The van der Waals surface area contributed by atoms with Crippen molar-refractivity contribution in [1.82, 2.24) is 4.98 Å². The van der Waals surface area contributed by atoms with Crippen LogP contribution in [0, 0.1) is 0 Å². The van der Waals surface area contributed by atoms with Crippen LogP contribution >= 0.6 is 23.1 Å². The van der Waals surface area contributed by atoms with Crippen LogP contribution in [-0.2, 0) is 15.6 Å². The zero-order valence-corrected chi connectivity index (χ0v) is 16.9. The molecule has 5 heteroatoms. The van der Waals surface area contributed by atoms with Gasteiger partial charge in [-0.3, -0.25) is 4.79 Å². The number of carbonyl (C=O) groups is 1. The minimum absolute atomic E-state index is 0.00369. The number of hydrogen-bond donors (Lipinski definition) is 1. The summed E-state index contributed by atoms with van der Waals surface area (Å²) in [7, 11) is 0. The highest BCUT2D eigenvalue weighted by Gasteiger charge is 2.18. The average molecular weight is 363 g/mol. The van der Waals surface area contributed by atoms with Crippen molar-refractivity contribution in [1.29, 1.82) is 0 Å². The van der Waals surface area contributed by atoms with Gasteiger partial charge in [0.1, 0.15) is 0 Å². The summed E-state index contributed by atoms with van der Waals surface area (Å²) in [4.78, 5) is 16.7. The van der Waals surface area contributed by atoms with E-state index in [0.717, 1.165) is 15.7 Å². The second-order valence-corrected chi connectivity index (χ2v) is 9.99. The van der Waals surface area contributed by atoms with Crippen LogP contribution in [0.4, 0.5) is 5.69 Å². The maximum Gasteiger partial charge on any atom is 0.234 e. The Morgan fingerprint density at radius 3 is 2.21 bits per heavy atom. The second kappa shape index (κ2) is 7.28. The number of carbonyl (C=O) groups excluding carboxylic acids is 1. The van der Waals surface area contributed by atoms with Crippen molar-refractivity contribution in [2.75, 3.05) is 11.1 Å². The Balaban J connectivity index is 1.88. The second-order valence-electron chi connectivity index (χ2n) is 7.91. The molecule has 130 valence electrons. The third kappa shape index (κ3) is 5.35. The molecule has 24 heavy (non-hydrogen) atoms. The lowest BCUT2D eigenvalue weighted by molar-refractivity contribution is -0.113. The van der Waals surface area contributed by atoms with Gasteiger partial charge < -0.3 is 5.32 Å². The number of thioether (sulfide) groups is 1. The lowest BCUT2D eigenvalue weighted by atomic mass is 9.87. The molecule has 0 bridgehead atoms. The van der Waals surface area contributed by atoms with Gasteiger partial charge in [-0.2, -0.15) is 0 Å². The lowest BCUT2D eigenvalue weighted by Gasteiger charge is -2.19. The van der Waals surface area contributed by atoms with Crippen molar-refractivity contribution in [3.63, 3.8) is 0 Å². The molecule has 2 aromatic rings. The number of anilines is 1. The molecule has 0 unspecified atom stereocenters. The fourth-order valence-electron chi connectivity index (χ4n) is 2.05. The fourth-order valence-corrected chi connectivity index (χ4v) is 3.90. The molecule has 0 saturated carbocycles. The van der Waals surface area contributed by atoms with E-state index in [4.69, 9.17) is 0 Å². The number of rotatable bonds is 4. The maximum atomic E-state index is 12.1. The molecule has 0 fully saturated rings. The van der Waals surface area contributed by atoms with Crippen molar-refractivity contribution in [3.05, 3.63) is 40.9 Å². The standard InChI is InChI=1S/C19H26N2OS2/c1-18(2,3)13-7-9-14(10-8-13)20-16(22)12-24-17-21-15(11-23-17)19(4,5)6/h7-11H,12H2,1-6H3,(H,20,22). The van der Waals surface area contributed by atoms with Crippen LogP contribution in [0.2, 0.25) is 0 Å². The summed E-state index contributed by atoms with van der Waals surface area (Å²) in [6.07, 6.45) is 0. The number of benzene rings is 1. The molecule has 0 aliphatic carbocycles. The van der Waals surface area contributed by atoms with E-state index in [-0.39, 0.29) is 16.7 Å². The van der Waals surface area contributed by atoms with E-state index in [1.54, 1.807) is 11.3 Å². The van der Waals surface area contributed by atoms with Gasteiger partial charge in [0.15, 0.2) is 4.34 Å². The van der Waals surface area contributed by atoms with E-state index in [0.29, 0.717) is 5.75 Å². The lowest BCUT2D eigenvalue weighted by Crippen LogP contribution is -2.15. The summed E-state index contributed by atoms with van der Waals surface area (Å²) < 4.78 is 0.943. The van der Waals surface area contributed by atoms with Crippen LogP contribution < -0.4 is 5.32 Å². The van der Waals surface area contributed by atoms with Gasteiger partial charge in [0.05, 0.1) is 11.4 Å². The van der Waals surface area contributed by atoms with Gasteiger partial charge in [-0.1, -0.05) is 65.4 Å². The van der Waals surface area contributed by atoms with E-state index in [2.05, 4.69) is 69.4 Å². The summed E-state index contributed by atoms with van der Waals surface area (Å²) in [6.45, 7) is 13.0. The molecular weight excluding hydrogens is 336 g/mol. The molecule has 0 saturated heterocycles. The molecular formula is C19H26N2OS2. The van der Waals surface area contributed by atoms with Gasteiger partial charge in [-0.15, -0.1) is 11.3 Å². The molecule has 3 nitrogen and oxygen atoms in total. The van der Waals surface area contributed by atoms with Gasteiger partial charge in [0, 0.05) is 16.5 Å². The average Bonchev–Trinajstić information content (AvgIpc) is 2.94. The van der Waals surface area contributed by atoms with Crippen LogP contribution in [-0.4, -0.2) is 16.6 Å². The highest BCUT2D eigenvalue weighted by atomic mass is 32.2. The van der Waals surface area contributed by atoms with Gasteiger partial charge in [0.25, 0.3) is 0 Å². The molecule has 1 amide bonds. The van der Waals surface area contributed by atoms with Crippen LogP contribution in [0.15, 0.2) is 34.0 Å². The normalized spacial score (nSPS) is 12.2. The fraction of sp³-hybridized carbons (Fsp3) is 0.474. The molecule has 1 aromatic carbocycles. The van der Waals surface area contributed by atoms with Crippen LogP contribution in [0.1, 0.15) is 52.8 Å². The number of thiazole rings is 1. The smallest absolute Gasteiger partial charge is 0.234 e. The quantitative estimate of drug-likeness (QED) is 0.733. The molecule has 0 atom stereocenters. The minimum atomic E-state index is -0.00369. The number of amides is 1.